The summed E-state index contributed by atoms with van der Waals surface area (Å²) in [6.45, 7) is 0. The Kier molecular flexibility index (Phi) is 9.13. The summed E-state index contributed by atoms with van der Waals surface area (Å²) in [4.78, 5) is 0. The molecular formula is C14H18O2P2S2. The molecule has 2 nitrogen and oxygen atoms in total. The minimum absolute atomic E-state index is 0.567. The zero-order valence-corrected chi connectivity index (χ0v) is 15.1. The van der Waals surface area contributed by atoms with Crippen LogP contribution in [0.2, 0.25) is 0 Å². The topological polar surface area (TPSA) is 18.5 Å². The lowest BCUT2D eigenvalue weighted by molar-refractivity contribution is 0.415. The summed E-state index contributed by atoms with van der Waals surface area (Å²) in [5.74, 6) is 1.80. The lowest BCUT2D eigenvalue weighted by Gasteiger charge is -1.98. The van der Waals surface area contributed by atoms with Gasteiger partial charge in [-0.2, -0.15) is 0 Å². The molecule has 0 spiro atoms. The summed E-state index contributed by atoms with van der Waals surface area (Å²) in [5.41, 5.74) is 0. The van der Waals surface area contributed by atoms with Crippen molar-refractivity contribution in [3.05, 3.63) is 48.5 Å². The third-order valence-electron chi connectivity index (χ3n) is 2.44. The van der Waals surface area contributed by atoms with Crippen LogP contribution in [0.25, 0.3) is 0 Å². The molecule has 0 aromatic heterocycles. The van der Waals surface area contributed by atoms with Crippen molar-refractivity contribution >= 4 is 50.7 Å². The van der Waals surface area contributed by atoms with E-state index in [1.54, 1.807) is 14.2 Å². The van der Waals surface area contributed by atoms with E-state index in [1.165, 1.54) is 10.6 Å². The van der Waals surface area contributed by atoms with Crippen LogP contribution in [0.1, 0.15) is 0 Å². The number of hydrogen-bond acceptors (Lipinski definition) is 4. The van der Waals surface area contributed by atoms with Gasteiger partial charge in [-0.25, -0.2) is 0 Å². The van der Waals surface area contributed by atoms with E-state index >= 15 is 0 Å². The maximum absolute atomic E-state index is 4.99. The second kappa shape index (κ2) is 10.3. The van der Waals surface area contributed by atoms with E-state index in [0.29, 0.717) is 15.6 Å². The highest BCUT2D eigenvalue weighted by atomic mass is 32.7. The molecule has 108 valence electrons. The van der Waals surface area contributed by atoms with Crippen LogP contribution in [0, 0.1) is 0 Å². The predicted octanol–water partition coefficient (Wildman–Crippen LogP) is 3.69. The molecule has 2 unspecified atom stereocenters. The second-order valence-corrected chi connectivity index (χ2v) is 6.62. The van der Waals surface area contributed by atoms with Crippen molar-refractivity contribution in [3.63, 3.8) is 0 Å². The fraction of sp³-hybridized carbons (Fsp3) is 0.143. The van der Waals surface area contributed by atoms with Gasteiger partial charge < -0.3 is 9.47 Å². The molecule has 0 saturated heterocycles. The average molecular weight is 344 g/mol. The van der Waals surface area contributed by atoms with Gasteiger partial charge in [0.25, 0.3) is 0 Å². The fourth-order valence-corrected chi connectivity index (χ4v) is 2.86. The standard InChI is InChI=1S/2C7H9OPS/c2*1-8-6-2-4-7(9-10)5-3-6/h2*2-5,9-10H,1H3. The number of benzene rings is 2. The van der Waals surface area contributed by atoms with Crippen molar-refractivity contribution in [1.29, 1.82) is 0 Å². The first-order valence-corrected chi connectivity index (χ1v) is 10.4. The van der Waals surface area contributed by atoms with Gasteiger partial charge in [0.2, 0.25) is 0 Å². The van der Waals surface area contributed by atoms with Gasteiger partial charge in [0.15, 0.2) is 0 Å². The Hall–Kier alpha value is -0.400. The van der Waals surface area contributed by atoms with E-state index < -0.39 is 0 Å². The number of thiol groups is 2. The van der Waals surface area contributed by atoms with Crippen LogP contribution in [-0.2, 0) is 0 Å². The highest BCUT2D eigenvalue weighted by molar-refractivity contribution is 8.40. The van der Waals surface area contributed by atoms with Crippen molar-refractivity contribution in [1.82, 2.24) is 0 Å². The van der Waals surface area contributed by atoms with E-state index in [1.807, 2.05) is 48.5 Å². The SMILES string of the molecule is COc1ccc(PS)cc1.COc1ccc(PS)cc1. The van der Waals surface area contributed by atoms with Gasteiger partial charge in [0.05, 0.1) is 14.2 Å². The van der Waals surface area contributed by atoms with Crippen molar-refractivity contribution in [3.8, 4) is 11.5 Å². The van der Waals surface area contributed by atoms with Crippen LogP contribution < -0.4 is 20.1 Å². The maximum atomic E-state index is 4.99. The van der Waals surface area contributed by atoms with Gasteiger partial charge in [-0.05, 0) is 50.4 Å². The molecule has 0 amide bonds. The summed E-state index contributed by atoms with van der Waals surface area (Å²) in [6.07, 6.45) is 0. The molecule has 0 aliphatic heterocycles. The first kappa shape index (κ1) is 17.7. The first-order valence-electron chi connectivity index (χ1n) is 5.81. The van der Waals surface area contributed by atoms with Gasteiger partial charge in [-0.15, -0.1) is 24.5 Å². The molecule has 0 aliphatic carbocycles. The monoisotopic (exact) mass is 344 g/mol. The highest BCUT2D eigenvalue weighted by Gasteiger charge is 1.90. The zero-order chi connectivity index (χ0) is 14.8. The van der Waals surface area contributed by atoms with Crippen LogP contribution in [0.3, 0.4) is 0 Å². The third kappa shape index (κ3) is 6.37. The Morgan fingerprint density at radius 2 is 0.950 bits per heavy atom. The molecule has 0 fully saturated rings. The number of ether oxygens (including phenoxy) is 2. The summed E-state index contributed by atoms with van der Waals surface area (Å²) < 4.78 is 9.98. The van der Waals surface area contributed by atoms with Gasteiger partial charge in [0.1, 0.15) is 11.5 Å². The van der Waals surface area contributed by atoms with Crippen LogP contribution in [0.15, 0.2) is 48.5 Å². The van der Waals surface area contributed by atoms with Crippen LogP contribution in [0.4, 0.5) is 0 Å². The van der Waals surface area contributed by atoms with Crippen molar-refractivity contribution in [2.24, 2.45) is 0 Å². The van der Waals surface area contributed by atoms with E-state index in [-0.39, 0.29) is 0 Å². The van der Waals surface area contributed by atoms with E-state index in [0.717, 1.165) is 11.5 Å². The smallest absolute Gasteiger partial charge is 0.118 e. The van der Waals surface area contributed by atoms with Crippen molar-refractivity contribution in [2.75, 3.05) is 14.2 Å². The molecule has 0 aliphatic rings. The minimum Gasteiger partial charge on any atom is -0.497 e. The number of rotatable bonds is 4. The Labute approximate surface area is 134 Å². The molecule has 2 aromatic rings. The maximum Gasteiger partial charge on any atom is 0.118 e. The van der Waals surface area contributed by atoms with Crippen LogP contribution >= 0.6 is 40.1 Å². The Morgan fingerprint density at radius 3 is 1.15 bits per heavy atom. The summed E-state index contributed by atoms with van der Waals surface area (Å²) in [6, 6.07) is 15.8. The molecule has 0 bridgehead atoms. The lowest BCUT2D eigenvalue weighted by Crippen LogP contribution is -1.90. The molecule has 6 heteroatoms. The first-order chi connectivity index (χ1) is 9.73. The van der Waals surface area contributed by atoms with Gasteiger partial charge in [0, 0.05) is 0 Å². The van der Waals surface area contributed by atoms with Crippen molar-refractivity contribution in [2.45, 2.75) is 0 Å². The van der Waals surface area contributed by atoms with Crippen LogP contribution in [-0.4, -0.2) is 14.2 Å². The molecule has 2 aromatic carbocycles. The fourth-order valence-electron chi connectivity index (χ4n) is 1.33. The molecule has 0 heterocycles. The second-order valence-electron chi connectivity index (χ2n) is 3.68. The number of hydrogen-bond donors (Lipinski definition) is 2. The summed E-state index contributed by atoms with van der Waals surface area (Å²) >= 11 is 8.32. The summed E-state index contributed by atoms with van der Waals surface area (Å²) in [7, 11) is 4.46. The quantitative estimate of drug-likeness (QED) is 0.651. The minimum atomic E-state index is 0.567. The molecule has 0 N–H and O–H groups in total. The van der Waals surface area contributed by atoms with Gasteiger partial charge >= 0.3 is 0 Å². The Morgan fingerprint density at radius 1 is 0.650 bits per heavy atom. The van der Waals surface area contributed by atoms with Gasteiger partial charge in [-0.3, -0.25) is 0 Å². The van der Waals surface area contributed by atoms with E-state index in [4.69, 9.17) is 9.47 Å². The van der Waals surface area contributed by atoms with Crippen LogP contribution in [0.5, 0.6) is 11.5 Å². The largest absolute Gasteiger partial charge is 0.497 e. The molecular weight excluding hydrogens is 326 g/mol. The molecule has 2 atom stereocenters. The van der Waals surface area contributed by atoms with Crippen molar-refractivity contribution < 1.29 is 9.47 Å². The lowest BCUT2D eigenvalue weighted by atomic mass is 10.3. The average Bonchev–Trinajstić information content (AvgIpc) is 2.55. The molecule has 20 heavy (non-hydrogen) atoms. The molecule has 2 rings (SSSR count). The molecule has 0 saturated carbocycles. The van der Waals surface area contributed by atoms with E-state index in [9.17, 15) is 0 Å². The zero-order valence-electron chi connectivity index (χ0n) is 11.3. The summed E-state index contributed by atoms with van der Waals surface area (Å²) in [5, 5.41) is 2.48. The highest BCUT2D eigenvalue weighted by Crippen LogP contribution is 2.17. The van der Waals surface area contributed by atoms with E-state index in [2.05, 4.69) is 24.5 Å². The van der Waals surface area contributed by atoms with Gasteiger partial charge in [-0.1, -0.05) is 24.3 Å². The number of methoxy groups -OCH3 is 2. The third-order valence-corrected chi connectivity index (χ3v) is 5.17. The predicted molar refractivity (Wildman–Crippen MR) is 99.9 cm³/mol. The Balaban J connectivity index is 0.000000200. The Bertz CT molecular complexity index is 396. The normalized spacial score (nSPS) is 10.6. The molecule has 0 radical (unpaired) electrons.